The quantitative estimate of drug-likeness (QED) is 0.903. The van der Waals surface area contributed by atoms with E-state index < -0.39 is 0 Å². The molecule has 2 aromatic carbocycles. The molecular weight excluding hydrogens is 344 g/mol. The van der Waals surface area contributed by atoms with E-state index in [0.717, 1.165) is 22.6 Å². The first-order valence-corrected chi connectivity index (χ1v) is 9.04. The summed E-state index contributed by atoms with van der Waals surface area (Å²) < 4.78 is 10.7. The van der Waals surface area contributed by atoms with Gasteiger partial charge in [0.1, 0.15) is 0 Å². The van der Waals surface area contributed by atoms with Gasteiger partial charge >= 0.3 is 0 Å². The molecule has 1 N–H and O–H groups in total. The lowest BCUT2D eigenvalue weighted by Crippen LogP contribution is -2.28. The molecule has 2 heterocycles. The lowest BCUT2D eigenvalue weighted by atomic mass is 10.1. The normalized spacial score (nSPS) is 18.1. The van der Waals surface area contributed by atoms with E-state index in [1.54, 1.807) is 4.90 Å². The van der Waals surface area contributed by atoms with E-state index in [2.05, 4.69) is 5.32 Å². The van der Waals surface area contributed by atoms with Crippen LogP contribution in [0, 0.1) is 19.8 Å². The van der Waals surface area contributed by atoms with Gasteiger partial charge in [-0.2, -0.15) is 0 Å². The zero-order chi connectivity index (χ0) is 19.0. The monoisotopic (exact) mass is 366 g/mol. The highest BCUT2D eigenvalue weighted by Crippen LogP contribution is 2.33. The molecule has 27 heavy (non-hydrogen) atoms. The van der Waals surface area contributed by atoms with Crippen molar-refractivity contribution in [2.45, 2.75) is 26.8 Å². The van der Waals surface area contributed by atoms with Crippen LogP contribution in [0.1, 0.15) is 23.1 Å². The number of benzene rings is 2. The molecule has 1 fully saturated rings. The lowest BCUT2D eigenvalue weighted by Gasteiger charge is -2.17. The van der Waals surface area contributed by atoms with Crippen LogP contribution in [-0.4, -0.2) is 30.1 Å². The van der Waals surface area contributed by atoms with Gasteiger partial charge in [-0.25, -0.2) is 0 Å². The van der Waals surface area contributed by atoms with E-state index in [0.29, 0.717) is 18.8 Å². The van der Waals surface area contributed by atoms with E-state index in [4.69, 9.17) is 9.47 Å². The van der Waals surface area contributed by atoms with Gasteiger partial charge in [0.2, 0.25) is 18.6 Å². The van der Waals surface area contributed by atoms with Crippen molar-refractivity contribution in [3.63, 3.8) is 0 Å². The van der Waals surface area contributed by atoms with Crippen LogP contribution < -0.4 is 14.8 Å². The summed E-state index contributed by atoms with van der Waals surface area (Å²) in [5.74, 6) is 0.959. The Hall–Kier alpha value is -3.02. The van der Waals surface area contributed by atoms with Gasteiger partial charge in [-0.15, -0.1) is 0 Å². The molecule has 4 rings (SSSR count). The first kappa shape index (κ1) is 17.4. The molecular formula is C21H22N2O4. The summed E-state index contributed by atoms with van der Waals surface area (Å²) in [5.41, 5.74) is 4.03. The van der Waals surface area contributed by atoms with Crippen molar-refractivity contribution in [1.82, 2.24) is 4.90 Å². The summed E-state index contributed by atoms with van der Waals surface area (Å²) in [4.78, 5) is 26.7. The van der Waals surface area contributed by atoms with Gasteiger partial charge in [0.25, 0.3) is 0 Å². The minimum Gasteiger partial charge on any atom is -0.454 e. The van der Waals surface area contributed by atoms with Crippen LogP contribution in [0.2, 0.25) is 0 Å². The average Bonchev–Trinajstić information content (AvgIpc) is 3.25. The second-order valence-corrected chi connectivity index (χ2v) is 7.15. The Labute approximate surface area is 158 Å². The van der Waals surface area contributed by atoms with Crippen molar-refractivity contribution < 1.29 is 19.1 Å². The molecule has 2 aliphatic heterocycles. The van der Waals surface area contributed by atoms with Crippen LogP contribution in [-0.2, 0) is 16.1 Å². The molecule has 140 valence electrons. The zero-order valence-electron chi connectivity index (χ0n) is 15.5. The molecule has 0 aromatic heterocycles. The van der Waals surface area contributed by atoms with Crippen LogP contribution in [0.3, 0.4) is 0 Å². The lowest BCUT2D eigenvalue weighted by molar-refractivity contribution is -0.128. The van der Waals surface area contributed by atoms with Crippen LogP contribution in [0.25, 0.3) is 0 Å². The maximum atomic E-state index is 12.6. The first-order chi connectivity index (χ1) is 13.0. The molecule has 2 aliphatic rings. The third-order valence-electron chi connectivity index (χ3n) is 5.17. The second-order valence-electron chi connectivity index (χ2n) is 7.15. The Bertz CT molecular complexity index is 909. The predicted octanol–water partition coefficient (Wildman–Crippen LogP) is 3.02. The van der Waals surface area contributed by atoms with E-state index in [9.17, 15) is 9.59 Å². The number of amides is 2. The van der Waals surface area contributed by atoms with Gasteiger partial charge in [0.05, 0.1) is 5.92 Å². The Balaban J connectivity index is 1.39. The number of nitrogens with zero attached hydrogens (tertiary/aromatic N) is 1. The summed E-state index contributed by atoms with van der Waals surface area (Å²) in [6.07, 6.45) is 0.237. The molecule has 1 atom stereocenters. The van der Waals surface area contributed by atoms with Crippen molar-refractivity contribution >= 4 is 17.5 Å². The minimum absolute atomic E-state index is 0.00657. The number of hydrogen-bond donors (Lipinski definition) is 1. The number of fused-ring (bicyclic) bond motifs is 1. The number of carbonyl (C=O) groups excluding carboxylic acids is 2. The van der Waals surface area contributed by atoms with Gasteiger partial charge in [-0.1, -0.05) is 12.1 Å². The molecule has 2 amide bonds. The summed E-state index contributed by atoms with van der Waals surface area (Å²) in [6.45, 7) is 5.15. The number of nitrogens with one attached hydrogen (secondary N) is 1. The number of likely N-dealkylation sites (tertiary alicyclic amines) is 1. The SMILES string of the molecule is Cc1ccc(NC(=O)C2CC(=O)N(Cc3ccc4c(c3)OCO4)C2)cc1C. The fraction of sp³-hybridized carbons (Fsp3) is 0.333. The van der Waals surface area contributed by atoms with E-state index in [1.807, 2.05) is 50.2 Å². The molecule has 0 aliphatic carbocycles. The standard InChI is InChI=1S/C21H22N2O4/c1-13-3-5-17(7-14(13)2)22-21(25)16-9-20(24)23(11-16)10-15-4-6-18-19(8-15)27-12-26-18/h3-8,16H,9-12H2,1-2H3,(H,22,25). The maximum Gasteiger partial charge on any atom is 0.231 e. The molecule has 6 nitrogen and oxygen atoms in total. The van der Waals surface area contributed by atoms with Crippen molar-refractivity contribution in [2.75, 3.05) is 18.7 Å². The maximum absolute atomic E-state index is 12.6. The summed E-state index contributed by atoms with van der Waals surface area (Å²) in [6, 6.07) is 11.5. The highest BCUT2D eigenvalue weighted by Gasteiger charge is 2.34. The first-order valence-electron chi connectivity index (χ1n) is 9.04. The topological polar surface area (TPSA) is 67.9 Å². The van der Waals surface area contributed by atoms with E-state index in [1.165, 1.54) is 5.56 Å². The van der Waals surface area contributed by atoms with Crippen molar-refractivity contribution in [3.8, 4) is 11.5 Å². The molecule has 0 saturated carbocycles. The van der Waals surface area contributed by atoms with Crippen molar-refractivity contribution in [1.29, 1.82) is 0 Å². The largest absolute Gasteiger partial charge is 0.454 e. The molecule has 1 unspecified atom stereocenters. The molecule has 0 radical (unpaired) electrons. The number of anilines is 1. The van der Waals surface area contributed by atoms with Gasteiger partial charge < -0.3 is 19.7 Å². The summed E-state index contributed by atoms with van der Waals surface area (Å²) >= 11 is 0. The van der Waals surface area contributed by atoms with Gasteiger partial charge in [0, 0.05) is 25.2 Å². The van der Waals surface area contributed by atoms with Crippen LogP contribution >= 0.6 is 0 Å². The third kappa shape index (κ3) is 3.60. The fourth-order valence-corrected chi connectivity index (χ4v) is 3.42. The minimum atomic E-state index is -0.340. The molecule has 2 aromatic rings. The Morgan fingerprint density at radius 1 is 1.11 bits per heavy atom. The summed E-state index contributed by atoms with van der Waals surface area (Å²) in [5, 5.41) is 2.94. The summed E-state index contributed by atoms with van der Waals surface area (Å²) in [7, 11) is 0. The van der Waals surface area contributed by atoms with Crippen LogP contribution in [0.4, 0.5) is 5.69 Å². The molecule has 6 heteroatoms. The molecule has 0 spiro atoms. The van der Waals surface area contributed by atoms with Crippen LogP contribution in [0.5, 0.6) is 11.5 Å². The van der Waals surface area contributed by atoms with Gasteiger partial charge in [-0.05, 0) is 54.8 Å². The smallest absolute Gasteiger partial charge is 0.231 e. The Morgan fingerprint density at radius 3 is 2.74 bits per heavy atom. The molecule has 0 bridgehead atoms. The number of rotatable bonds is 4. The zero-order valence-corrected chi connectivity index (χ0v) is 15.5. The van der Waals surface area contributed by atoms with E-state index in [-0.39, 0.29) is 30.9 Å². The average molecular weight is 366 g/mol. The van der Waals surface area contributed by atoms with E-state index >= 15 is 0 Å². The predicted molar refractivity (Wildman–Crippen MR) is 101 cm³/mol. The van der Waals surface area contributed by atoms with Gasteiger partial charge in [-0.3, -0.25) is 9.59 Å². The number of hydrogen-bond acceptors (Lipinski definition) is 4. The Kier molecular flexibility index (Phi) is 4.48. The second kappa shape index (κ2) is 6.95. The highest BCUT2D eigenvalue weighted by molar-refractivity contribution is 5.97. The highest BCUT2D eigenvalue weighted by atomic mass is 16.7. The third-order valence-corrected chi connectivity index (χ3v) is 5.17. The van der Waals surface area contributed by atoms with Crippen molar-refractivity contribution in [2.24, 2.45) is 5.92 Å². The van der Waals surface area contributed by atoms with Crippen LogP contribution in [0.15, 0.2) is 36.4 Å². The molecule has 1 saturated heterocycles. The number of aryl methyl sites for hydroxylation is 2. The van der Waals surface area contributed by atoms with Crippen molar-refractivity contribution in [3.05, 3.63) is 53.1 Å². The fourth-order valence-electron chi connectivity index (χ4n) is 3.42. The Morgan fingerprint density at radius 2 is 1.93 bits per heavy atom. The van der Waals surface area contributed by atoms with Gasteiger partial charge in [0.15, 0.2) is 11.5 Å². The number of ether oxygens (including phenoxy) is 2. The number of carbonyl (C=O) groups is 2.